The van der Waals surface area contributed by atoms with Crippen molar-refractivity contribution in [2.75, 3.05) is 19.7 Å². The van der Waals surface area contributed by atoms with Gasteiger partial charge in [-0.25, -0.2) is 0 Å². The van der Waals surface area contributed by atoms with Crippen molar-refractivity contribution in [3.63, 3.8) is 0 Å². The van der Waals surface area contributed by atoms with Gasteiger partial charge in [-0.15, -0.1) is 5.10 Å². The van der Waals surface area contributed by atoms with Crippen LogP contribution in [0.15, 0.2) is 0 Å². The number of nitrogens with zero attached hydrogens (tertiary/aromatic N) is 3. The number of rotatable bonds is 6. The second kappa shape index (κ2) is 6.55. The SMILES string of the molecule is CCCN(CCO)C(=O)c1snnc1CC. The molecule has 0 aliphatic carbocycles. The van der Waals surface area contributed by atoms with Crippen LogP contribution in [0, 0.1) is 0 Å². The fourth-order valence-electron chi connectivity index (χ4n) is 1.45. The van der Waals surface area contributed by atoms with Crippen LogP contribution in [0.2, 0.25) is 0 Å². The summed E-state index contributed by atoms with van der Waals surface area (Å²) in [5, 5.41) is 12.8. The number of hydrogen-bond donors (Lipinski definition) is 1. The number of carbonyl (C=O) groups is 1. The van der Waals surface area contributed by atoms with Crippen LogP contribution < -0.4 is 0 Å². The molecular formula is C10H17N3O2S. The van der Waals surface area contributed by atoms with Crippen molar-refractivity contribution in [2.24, 2.45) is 0 Å². The van der Waals surface area contributed by atoms with Gasteiger partial charge in [-0.05, 0) is 24.4 Å². The third kappa shape index (κ3) is 2.99. The largest absolute Gasteiger partial charge is 0.395 e. The Hall–Kier alpha value is -1.01. The van der Waals surface area contributed by atoms with Gasteiger partial charge in [0.05, 0.1) is 12.3 Å². The second-order valence-electron chi connectivity index (χ2n) is 3.42. The molecule has 1 rings (SSSR count). The zero-order chi connectivity index (χ0) is 12.0. The van der Waals surface area contributed by atoms with Gasteiger partial charge < -0.3 is 10.0 Å². The zero-order valence-corrected chi connectivity index (χ0v) is 10.5. The smallest absolute Gasteiger partial charge is 0.267 e. The molecule has 1 N–H and O–H groups in total. The van der Waals surface area contributed by atoms with E-state index in [1.165, 1.54) is 0 Å². The molecule has 6 heteroatoms. The Labute approximate surface area is 99.3 Å². The first kappa shape index (κ1) is 13.1. The molecule has 0 atom stereocenters. The molecule has 5 nitrogen and oxygen atoms in total. The molecular weight excluding hydrogens is 226 g/mol. The highest BCUT2D eigenvalue weighted by molar-refractivity contribution is 7.07. The second-order valence-corrected chi connectivity index (χ2v) is 4.17. The Bertz CT molecular complexity index is 335. The fourth-order valence-corrected chi connectivity index (χ4v) is 2.17. The van der Waals surface area contributed by atoms with Crippen LogP contribution >= 0.6 is 11.5 Å². The van der Waals surface area contributed by atoms with E-state index < -0.39 is 0 Å². The lowest BCUT2D eigenvalue weighted by Gasteiger charge is -2.20. The van der Waals surface area contributed by atoms with E-state index >= 15 is 0 Å². The van der Waals surface area contributed by atoms with Crippen molar-refractivity contribution in [3.05, 3.63) is 10.6 Å². The van der Waals surface area contributed by atoms with Crippen LogP contribution in [-0.2, 0) is 6.42 Å². The molecule has 0 aliphatic heterocycles. The number of aryl methyl sites for hydroxylation is 1. The van der Waals surface area contributed by atoms with Gasteiger partial charge in [0.15, 0.2) is 0 Å². The van der Waals surface area contributed by atoms with Crippen molar-refractivity contribution < 1.29 is 9.90 Å². The maximum Gasteiger partial charge on any atom is 0.267 e. The quantitative estimate of drug-likeness (QED) is 0.807. The predicted molar refractivity (Wildman–Crippen MR) is 62.6 cm³/mol. The number of carbonyl (C=O) groups excluding carboxylic acids is 1. The summed E-state index contributed by atoms with van der Waals surface area (Å²) in [6, 6.07) is 0. The summed E-state index contributed by atoms with van der Waals surface area (Å²) in [5.41, 5.74) is 0.744. The molecule has 0 spiro atoms. The minimum Gasteiger partial charge on any atom is -0.395 e. The molecule has 0 aromatic carbocycles. The molecule has 1 amide bonds. The molecule has 0 bridgehead atoms. The first-order valence-corrected chi connectivity index (χ1v) is 6.23. The predicted octanol–water partition coefficient (Wildman–Crippen LogP) is 0.945. The standard InChI is InChI=1S/C10H17N3O2S/c1-3-5-13(6-7-14)10(15)9-8(4-2)11-12-16-9/h14H,3-7H2,1-2H3. The summed E-state index contributed by atoms with van der Waals surface area (Å²) < 4.78 is 3.80. The highest BCUT2D eigenvalue weighted by atomic mass is 32.1. The normalized spacial score (nSPS) is 10.4. The first-order chi connectivity index (χ1) is 7.74. The number of amides is 1. The summed E-state index contributed by atoms with van der Waals surface area (Å²) in [5.74, 6) is -0.0669. The number of hydrogen-bond acceptors (Lipinski definition) is 5. The van der Waals surface area contributed by atoms with Crippen molar-refractivity contribution in [2.45, 2.75) is 26.7 Å². The van der Waals surface area contributed by atoms with E-state index in [9.17, 15) is 4.79 Å². The molecule has 1 heterocycles. The molecule has 0 saturated heterocycles. The molecule has 1 aromatic rings. The van der Waals surface area contributed by atoms with Crippen LogP contribution in [0.25, 0.3) is 0 Å². The highest BCUT2D eigenvalue weighted by Gasteiger charge is 2.20. The maximum absolute atomic E-state index is 12.1. The number of aliphatic hydroxyl groups is 1. The van der Waals surface area contributed by atoms with Crippen LogP contribution in [-0.4, -0.2) is 45.2 Å². The van der Waals surface area contributed by atoms with E-state index in [2.05, 4.69) is 9.59 Å². The van der Waals surface area contributed by atoms with Gasteiger partial charge >= 0.3 is 0 Å². The Morgan fingerprint density at radius 2 is 2.19 bits per heavy atom. The lowest BCUT2D eigenvalue weighted by atomic mass is 10.2. The molecule has 90 valence electrons. The lowest BCUT2D eigenvalue weighted by molar-refractivity contribution is 0.0725. The van der Waals surface area contributed by atoms with Crippen LogP contribution in [0.1, 0.15) is 35.6 Å². The summed E-state index contributed by atoms with van der Waals surface area (Å²) in [4.78, 5) is 14.4. The van der Waals surface area contributed by atoms with E-state index in [-0.39, 0.29) is 12.5 Å². The van der Waals surface area contributed by atoms with E-state index in [1.807, 2.05) is 13.8 Å². The van der Waals surface area contributed by atoms with Crippen molar-refractivity contribution >= 4 is 17.4 Å². The van der Waals surface area contributed by atoms with E-state index in [0.29, 0.717) is 24.4 Å². The van der Waals surface area contributed by atoms with Gasteiger partial charge in [0.25, 0.3) is 5.91 Å². The minimum atomic E-state index is -0.0669. The van der Waals surface area contributed by atoms with Crippen LogP contribution in [0.3, 0.4) is 0 Å². The first-order valence-electron chi connectivity index (χ1n) is 5.45. The average Bonchev–Trinajstić information content (AvgIpc) is 2.75. The van der Waals surface area contributed by atoms with E-state index in [0.717, 1.165) is 23.6 Å². The summed E-state index contributed by atoms with van der Waals surface area (Å²) in [6.45, 7) is 4.96. The molecule has 0 fully saturated rings. The third-order valence-electron chi connectivity index (χ3n) is 2.24. The number of aromatic nitrogens is 2. The van der Waals surface area contributed by atoms with Gasteiger partial charge in [-0.3, -0.25) is 4.79 Å². The molecule has 0 radical (unpaired) electrons. The molecule has 1 aromatic heterocycles. The monoisotopic (exact) mass is 243 g/mol. The molecule has 16 heavy (non-hydrogen) atoms. The average molecular weight is 243 g/mol. The summed E-state index contributed by atoms with van der Waals surface area (Å²) in [6.07, 6.45) is 1.58. The van der Waals surface area contributed by atoms with Gasteiger partial charge in [0.2, 0.25) is 0 Å². The highest BCUT2D eigenvalue weighted by Crippen LogP contribution is 2.14. The van der Waals surface area contributed by atoms with E-state index in [1.54, 1.807) is 4.90 Å². The summed E-state index contributed by atoms with van der Waals surface area (Å²) >= 11 is 1.13. The molecule has 0 unspecified atom stereocenters. The van der Waals surface area contributed by atoms with Gasteiger partial charge in [0, 0.05) is 13.1 Å². The van der Waals surface area contributed by atoms with Crippen LogP contribution in [0.5, 0.6) is 0 Å². The lowest BCUT2D eigenvalue weighted by Crippen LogP contribution is -2.34. The van der Waals surface area contributed by atoms with Gasteiger partial charge in [0.1, 0.15) is 4.88 Å². The van der Waals surface area contributed by atoms with Crippen molar-refractivity contribution in [1.82, 2.24) is 14.5 Å². The van der Waals surface area contributed by atoms with E-state index in [4.69, 9.17) is 5.11 Å². The maximum atomic E-state index is 12.1. The summed E-state index contributed by atoms with van der Waals surface area (Å²) in [7, 11) is 0. The van der Waals surface area contributed by atoms with Crippen LogP contribution in [0.4, 0.5) is 0 Å². The Morgan fingerprint density at radius 1 is 1.44 bits per heavy atom. The van der Waals surface area contributed by atoms with Gasteiger partial charge in [-0.1, -0.05) is 18.3 Å². The Kier molecular flexibility index (Phi) is 5.34. The van der Waals surface area contributed by atoms with Gasteiger partial charge in [-0.2, -0.15) is 0 Å². The number of aliphatic hydroxyl groups excluding tert-OH is 1. The van der Waals surface area contributed by atoms with Crippen molar-refractivity contribution in [1.29, 1.82) is 0 Å². The zero-order valence-electron chi connectivity index (χ0n) is 9.64. The molecule has 0 aliphatic rings. The fraction of sp³-hybridized carbons (Fsp3) is 0.700. The topological polar surface area (TPSA) is 66.3 Å². The van der Waals surface area contributed by atoms with Crippen molar-refractivity contribution in [3.8, 4) is 0 Å². The third-order valence-corrected chi connectivity index (χ3v) is 2.99. The minimum absolute atomic E-state index is 0.0145. The Morgan fingerprint density at radius 3 is 2.75 bits per heavy atom. The Balaban J connectivity index is 2.81. The molecule has 0 saturated carbocycles.